The van der Waals surface area contributed by atoms with Crippen molar-refractivity contribution >= 4 is 5.91 Å². The highest BCUT2D eigenvalue weighted by Crippen LogP contribution is 2.24. The number of rotatable bonds is 7. The quantitative estimate of drug-likeness (QED) is 0.675. The second-order valence-corrected chi connectivity index (χ2v) is 6.35. The Kier molecular flexibility index (Phi) is 6.10. The number of benzene rings is 3. The highest BCUT2D eigenvalue weighted by atomic mass is 16.5. The van der Waals surface area contributed by atoms with Gasteiger partial charge in [0, 0.05) is 13.5 Å². The molecule has 27 heavy (non-hydrogen) atoms. The zero-order chi connectivity index (χ0) is 19.1. The van der Waals surface area contributed by atoms with E-state index in [2.05, 4.69) is 0 Å². The van der Waals surface area contributed by atoms with Crippen LogP contribution in [0.15, 0.2) is 78.9 Å². The molecule has 0 spiro atoms. The molecule has 138 valence electrons. The summed E-state index contributed by atoms with van der Waals surface area (Å²) in [5, 5.41) is 9.37. The summed E-state index contributed by atoms with van der Waals surface area (Å²) in [5.41, 5.74) is 3.19. The van der Waals surface area contributed by atoms with Crippen LogP contribution in [0.1, 0.15) is 12.5 Å². The fraction of sp³-hybridized carbons (Fsp3) is 0.174. The lowest BCUT2D eigenvalue weighted by molar-refractivity contribution is -0.129. The van der Waals surface area contributed by atoms with Crippen LogP contribution in [0.5, 0.6) is 11.5 Å². The van der Waals surface area contributed by atoms with E-state index in [4.69, 9.17) is 4.74 Å². The third kappa shape index (κ3) is 5.35. The Morgan fingerprint density at radius 1 is 0.889 bits per heavy atom. The monoisotopic (exact) mass is 361 g/mol. The number of amides is 1. The molecule has 0 aliphatic carbocycles. The molecule has 0 unspecified atom stereocenters. The Bertz CT molecular complexity index is 858. The van der Waals surface area contributed by atoms with Crippen LogP contribution >= 0.6 is 0 Å². The van der Waals surface area contributed by atoms with E-state index in [0.29, 0.717) is 19.7 Å². The molecule has 0 aliphatic rings. The molecule has 3 aromatic rings. The molecule has 3 aromatic carbocycles. The predicted molar refractivity (Wildman–Crippen MR) is 107 cm³/mol. The van der Waals surface area contributed by atoms with Crippen LogP contribution in [0, 0.1) is 0 Å². The van der Waals surface area contributed by atoms with Gasteiger partial charge in [-0.2, -0.15) is 0 Å². The standard InChI is InChI=1S/C23H23NO3/c1-18(25)24(17-19-5-3-2-4-6-19)15-16-27-23-13-9-21(10-14-23)20-7-11-22(26)12-8-20/h2-14,26H,15-17H2,1H3. The lowest BCUT2D eigenvalue weighted by Crippen LogP contribution is -2.32. The van der Waals surface area contributed by atoms with E-state index in [-0.39, 0.29) is 11.7 Å². The summed E-state index contributed by atoms with van der Waals surface area (Å²) in [6, 6.07) is 24.8. The molecule has 3 rings (SSSR count). The number of carbonyl (C=O) groups excluding carboxylic acids is 1. The van der Waals surface area contributed by atoms with Crippen LogP contribution in [0.25, 0.3) is 11.1 Å². The van der Waals surface area contributed by atoms with Gasteiger partial charge in [0.15, 0.2) is 0 Å². The maximum absolute atomic E-state index is 11.9. The normalized spacial score (nSPS) is 10.4. The maximum Gasteiger partial charge on any atom is 0.219 e. The topological polar surface area (TPSA) is 49.8 Å². The van der Waals surface area contributed by atoms with Gasteiger partial charge in [-0.15, -0.1) is 0 Å². The van der Waals surface area contributed by atoms with Gasteiger partial charge in [-0.3, -0.25) is 4.79 Å². The van der Waals surface area contributed by atoms with Crippen molar-refractivity contribution in [1.29, 1.82) is 0 Å². The number of hydrogen-bond donors (Lipinski definition) is 1. The van der Waals surface area contributed by atoms with Gasteiger partial charge in [0.1, 0.15) is 18.1 Å². The van der Waals surface area contributed by atoms with E-state index in [1.165, 1.54) is 0 Å². The van der Waals surface area contributed by atoms with Crippen LogP contribution in [-0.4, -0.2) is 29.1 Å². The summed E-state index contributed by atoms with van der Waals surface area (Å²) in [7, 11) is 0. The molecule has 0 saturated carbocycles. The van der Waals surface area contributed by atoms with Crippen molar-refractivity contribution in [2.75, 3.05) is 13.2 Å². The minimum absolute atomic E-state index is 0.0325. The second kappa shape index (κ2) is 8.90. The average Bonchev–Trinajstić information content (AvgIpc) is 2.69. The van der Waals surface area contributed by atoms with Gasteiger partial charge in [-0.1, -0.05) is 54.6 Å². The Balaban J connectivity index is 1.54. The van der Waals surface area contributed by atoms with E-state index in [1.54, 1.807) is 24.0 Å². The van der Waals surface area contributed by atoms with Crippen molar-refractivity contribution in [1.82, 2.24) is 4.90 Å². The lowest BCUT2D eigenvalue weighted by atomic mass is 10.1. The van der Waals surface area contributed by atoms with Crippen molar-refractivity contribution in [3.63, 3.8) is 0 Å². The Morgan fingerprint density at radius 3 is 2.07 bits per heavy atom. The van der Waals surface area contributed by atoms with Crippen LogP contribution < -0.4 is 4.74 Å². The largest absolute Gasteiger partial charge is 0.508 e. The van der Waals surface area contributed by atoms with Crippen LogP contribution in [0.4, 0.5) is 0 Å². The second-order valence-electron chi connectivity index (χ2n) is 6.35. The van der Waals surface area contributed by atoms with Gasteiger partial charge in [-0.25, -0.2) is 0 Å². The van der Waals surface area contributed by atoms with Gasteiger partial charge in [-0.05, 0) is 41.0 Å². The molecule has 0 fully saturated rings. The first-order chi connectivity index (χ1) is 13.1. The van der Waals surface area contributed by atoms with Gasteiger partial charge in [0.25, 0.3) is 0 Å². The van der Waals surface area contributed by atoms with Crippen LogP contribution in [0.3, 0.4) is 0 Å². The summed E-state index contributed by atoms with van der Waals surface area (Å²) >= 11 is 0. The molecule has 4 nitrogen and oxygen atoms in total. The number of carbonyl (C=O) groups is 1. The van der Waals surface area contributed by atoms with Crippen molar-refractivity contribution in [3.8, 4) is 22.6 Å². The minimum atomic E-state index is 0.0325. The Morgan fingerprint density at radius 2 is 1.48 bits per heavy atom. The Hall–Kier alpha value is -3.27. The van der Waals surface area contributed by atoms with Crippen LogP contribution in [-0.2, 0) is 11.3 Å². The van der Waals surface area contributed by atoms with E-state index in [9.17, 15) is 9.90 Å². The third-order valence-corrected chi connectivity index (χ3v) is 4.35. The molecule has 0 atom stereocenters. The van der Waals surface area contributed by atoms with Crippen molar-refractivity contribution in [2.24, 2.45) is 0 Å². The summed E-state index contributed by atoms with van der Waals surface area (Å²) < 4.78 is 5.80. The summed E-state index contributed by atoms with van der Waals surface area (Å²) in [4.78, 5) is 13.6. The zero-order valence-electron chi connectivity index (χ0n) is 15.3. The molecule has 0 aliphatic heterocycles. The molecule has 0 aromatic heterocycles. The highest BCUT2D eigenvalue weighted by Gasteiger charge is 2.09. The molecule has 0 radical (unpaired) electrons. The molecule has 1 amide bonds. The summed E-state index contributed by atoms with van der Waals surface area (Å²) in [6.45, 7) is 3.13. The Labute approximate surface area is 159 Å². The lowest BCUT2D eigenvalue weighted by Gasteiger charge is -2.21. The number of phenolic OH excluding ortho intramolecular Hbond substituents is 1. The van der Waals surface area contributed by atoms with Crippen molar-refractivity contribution in [3.05, 3.63) is 84.4 Å². The van der Waals surface area contributed by atoms with E-state index in [1.807, 2.05) is 66.7 Å². The molecular formula is C23H23NO3. The van der Waals surface area contributed by atoms with Crippen LogP contribution in [0.2, 0.25) is 0 Å². The molecule has 4 heteroatoms. The van der Waals surface area contributed by atoms with E-state index in [0.717, 1.165) is 22.4 Å². The fourth-order valence-electron chi connectivity index (χ4n) is 2.82. The fourth-order valence-corrected chi connectivity index (χ4v) is 2.82. The molecule has 1 N–H and O–H groups in total. The SMILES string of the molecule is CC(=O)N(CCOc1ccc(-c2ccc(O)cc2)cc1)Cc1ccccc1. The molecule has 0 heterocycles. The minimum Gasteiger partial charge on any atom is -0.508 e. The number of ether oxygens (including phenoxy) is 1. The van der Waals surface area contributed by atoms with E-state index >= 15 is 0 Å². The molecule has 0 saturated heterocycles. The molecule has 0 bridgehead atoms. The molecular weight excluding hydrogens is 338 g/mol. The van der Waals surface area contributed by atoms with Crippen molar-refractivity contribution in [2.45, 2.75) is 13.5 Å². The first-order valence-electron chi connectivity index (χ1n) is 8.93. The maximum atomic E-state index is 11.9. The first-order valence-corrected chi connectivity index (χ1v) is 8.93. The van der Waals surface area contributed by atoms with Crippen molar-refractivity contribution < 1.29 is 14.6 Å². The number of phenols is 1. The zero-order valence-corrected chi connectivity index (χ0v) is 15.3. The average molecular weight is 361 g/mol. The van der Waals surface area contributed by atoms with Gasteiger partial charge in [0.2, 0.25) is 5.91 Å². The third-order valence-electron chi connectivity index (χ3n) is 4.35. The summed E-state index contributed by atoms with van der Waals surface area (Å²) in [6.07, 6.45) is 0. The number of aromatic hydroxyl groups is 1. The number of nitrogens with zero attached hydrogens (tertiary/aromatic N) is 1. The predicted octanol–water partition coefficient (Wildman–Crippen LogP) is 4.49. The summed E-state index contributed by atoms with van der Waals surface area (Å²) in [5.74, 6) is 1.05. The van der Waals surface area contributed by atoms with Gasteiger partial charge >= 0.3 is 0 Å². The van der Waals surface area contributed by atoms with Gasteiger partial charge in [0.05, 0.1) is 6.54 Å². The first kappa shape index (κ1) is 18.5. The number of hydrogen-bond acceptors (Lipinski definition) is 3. The van der Waals surface area contributed by atoms with Gasteiger partial charge < -0.3 is 14.7 Å². The highest BCUT2D eigenvalue weighted by molar-refractivity contribution is 5.73. The van der Waals surface area contributed by atoms with E-state index < -0.39 is 0 Å². The smallest absolute Gasteiger partial charge is 0.219 e.